The zero-order valence-corrected chi connectivity index (χ0v) is 59.7. The minimum absolute atomic E-state index is 0.152. The van der Waals surface area contributed by atoms with E-state index < -0.39 is 0 Å². The van der Waals surface area contributed by atoms with Crippen molar-refractivity contribution in [2.24, 2.45) is 57.3 Å². The standard InChI is InChI=1S/C11H12FN.C11H13N.2C10H10N2.C7H11N3.2C7H10N2.2C6H9N3.C5H7N3/c12-10-3-4-11-8(5-6-13)1-2-9(11)7-10;12-8-7-10-6-5-9-3-1-2-4-11(9)10;11-7-8-3-4-10-9(6-8)2-1-5-12-10;11-7-8-5-6-12-10-4-2-1-3-9(8)10;1-6-4-10-7(2-3-8)5-9-6;1-6-2-7(3-8)5-9-4-6;1-6-7(5-8)3-2-4-9-6;1-5-8-3-6(2-7)4-9-5;7-2-1-6-3-8-5-9-4-6;6-4-5-7-2-1-3-8-5/h1,3-4,7H,2,5-6,13H2;1-4,6H,5,7-8,12H2;2*1-6H,7,11H2;4-5H,2-3,8H2,1H3;2,4-5H,3,8H2,1H3;2-4H,5,8H2,1H3;3-4H,2,7H2,1H3;3-5H,1-2,7H2;1-3H,4,6H2. The molecule has 0 unspecified atom stereocenters. The highest BCUT2D eigenvalue weighted by Crippen LogP contribution is 2.30. The Balaban J connectivity index is 0.000000207. The van der Waals surface area contributed by atoms with Crippen LogP contribution >= 0.6 is 0 Å². The molecule has 22 nitrogen and oxygen atoms in total. The zero-order chi connectivity index (χ0) is 74.2. The van der Waals surface area contributed by atoms with Gasteiger partial charge in [0.1, 0.15) is 23.8 Å². The van der Waals surface area contributed by atoms with Crippen LogP contribution in [0.25, 0.3) is 33.0 Å². The van der Waals surface area contributed by atoms with E-state index in [2.05, 4.69) is 102 Å². The first-order chi connectivity index (χ1) is 50.2. The van der Waals surface area contributed by atoms with Crippen molar-refractivity contribution >= 4 is 33.0 Å². The molecule has 0 bridgehead atoms. The molecular formula is C80H101FN22. The number of benzene rings is 4. The van der Waals surface area contributed by atoms with Crippen LogP contribution in [0.15, 0.2) is 226 Å². The molecule has 0 fully saturated rings. The SMILES string of the molecule is Cc1cnc(CCN)cn1.Cc1cncc(CN)c1.Cc1ncc(CN)cn1.Cc1ncccc1CN.NCCC1=CCc2cc(F)ccc21.NCCC1=CCc2ccccc21.NCCc1cncnc1.NCc1ccc2ncccc2c1.NCc1ccnc2ccccc12.NCc1ncccn1. The van der Waals surface area contributed by atoms with E-state index in [9.17, 15) is 4.39 Å². The predicted molar refractivity (Wildman–Crippen MR) is 415 cm³/mol. The summed E-state index contributed by atoms with van der Waals surface area (Å²) in [5.41, 5.74) is 74.6. The van der Waals surface area contributed by atoms with Gasteiger partial charge in [-0.15, -0.1) is 0 Å². The van der Waals surface area contributed by atoms with Crippen LogP contribution in [0.2, 0.25) is 0 Å². The second kappa shape index (κ2) is 49.0. The number of pyridine rings is 4. The number of rotatable bonds is 14. The van der Waals surface area contributed by atoms with Gasteiger partial charge in [-0.05, 0) is 207 Å². The van der Waals surface area contributed by atoms with Crippen molar-refractivity contribution in [3.05, 3.63) is 322 Å². The van der Waals surface area contributed by atoms with E-state index in [0.29, 0.717) is 64.7 Å². The van der Waals surface area contributed by atoms with E-state index in [1.54, 1.807) is 86.5 Å². The molecule has 4 aromatic carbocycles. The highest BCUT2D eigenvalue weighted by molar-refractivity contribution is 5.82. The number of hydrogen-bond donors (Lipinski definition) is 10. The molecule has 0 saturated carbocycles. The first-order valence-electron chi connectivity index (χ1n) is 34.0. The molecule has 20 N–H and O–H groups in total. The van der Waals surface area contributed by atoms with Crippen molar-refractivity contribution in [1.82, 2.24) is 59.8 Å². The van der Waals surface area contributed by atoms with E-state index in [-0.39, 0.29) is 5.82 Å². The molecule has 2 aliphatic carbocycles. The quantitative estimate of drug-likeness (QED) is 0.0484. The molecule has 0 aliphatic heterocycles. The first kappa shape index (κ1) is 83.0. The van der Waals surface area contributed by atoms with Crippen molar-refractivity contribution in [1.29, 1.82) is 0 Å². The maximum atomic E-state index is 12.8. The second-order valence-electron chi connectivity index (χ2n) is 23.0. The molecule has 2 aliphatic rings. The van der Waals surface area contributed by atoms with Gasteiger partial charge >= 0.3 is 0 Å². The van der Waals surface area contributed by atoms with Gasteiger partial charge in [0.2, 0.25) is 0 Å². The van der Waals surface area contributed by atoms with Crippen LogP contribution in [0, 0.1) is 33.5 Å². The Labute approximate surface area is 605 Å². The molecular weight excluding hydrogens is 1290 g/mol. The first-order valence-corrected chi connectivity index (χ1v) is 34.0. The van der Waals surface area contributed by atoms with Crippen LogP contribution in [0.3, 0.4) is 0 Å². The Bertz CT molecular complexity index is 4360. The monoisotopic (exact) mass is 1390 g/mol. The number of nitrogens with zero attached hydrogens (tertiary/aromatic N) is 12. The Morgan fingerprint density at radius 3 is 1.59 bits per heavy atom. The molecule has 12 aromatic rings. The van der Waals surface area contributed by atoms with Crippen LogP contribution in [-0.2, 0) is 65.0 Å². The fourth-order valence-electron chi connectivity index (χ4n) is 9.86. The number of para-hydroxylation sites is 1. The summed E-state index contributed by atoms with van der Waals surface area (Å²) in [5.74, 6) is 1.32. The number of aryl methyl sites for hydroxylation is 4. The fourth-order valence-corrected chi connectivity index (χ4v) is 9.86. The van der Waals surface area contributed by atoms with Crippen LogP contribution in [-0.4, -0.2) is 86.0 Å². The minimum atomic E-state index is -0.152. The lowest BCUT2D eigenvalue weighted by molar-refractivity contribution is 0.626. The largest absolute Gasteiger partial charge is 0.330 e. The number of hydrogen-bond acceptors (Lipinski definition) is 22. The van der Waals surface area contributed by atoms with Crippen molar-refractivity contribution in [2.75, 3.05) is 26.2 Å². The number of halogens is 1. The van der Waals surface area contributed by atoms with Gasteiger partial charge in [0.25, 0.3) is 0 Å². The Morgan fingerprint density at radius 1 is 0.379 bits per heavy atom. The third-order valence-electron chi connectivity index (χ3n) is 15.3. The van der Waals surface area contributed by atoms with Crippen LogP contribution < -0.4 is 57.3 Å². The van der Waals surface area contributed by atoms with Crippen LogP contribution in [0.5, 0.6) is 0 Å². The van der Waals surface area contributed by atoms with Gasteiger partial charge in [-0.1, -0.05) is 84.9 Å². The molecule has 0 spiro atoms. The number of nitrogens with two attached hydrogens (primary N) is 10. The predicted octanol–water partition coefficient (Wildman–Crippen LogP) is 9.62. The average Bonchev–Trinajstić information content (AvgIpc) is 1.80. The minimum Gasteiger partial charge on any atom is -0.330 e. The Kier molecular flexibility index (Phi) is 39.5. The summed E-state index contributed by atoms with van der Waals surface area (Å²) in [6.07, 6.45) is 34.3. The third-order valence-corrected chi connectivity index (χ3v) is 15.3. The van der Waals surface area contributed by atoms with Crippen LogP contribution in [0.4, 0.5) is 4.39 Å². The molecule has 0 saturated heterocycles. The lowest BCUT2D eigenvalue weighted by atomic mass is 10.0. The summed E-state index contributed by atoms with van der Waals surface area (Å²) in [7, 11) is 0. The van der Waals surface area contributed by atoms with E-state index in [0.717, 1.165) is 134 Å². The van der Waals surface area contributed by atoms with Crippen molar-refractivity contribution in [3.8, 4) is 0 Å². The number of fused-ring (bicyclic) bond motifs is 4. The average molecular weight is 1390 g/mol. The maximum absolute atomic E-state index is 12.8. The molecule has 14 rings (SSSR count). The van der Waals surface area contributed by atoms with E-state index in [4.69, 9.17) is 57.3 Å². The van der Waals surface area contributed by atoms with E-state index >= 15 is 0 Å². The molecule has 0 amide bonds. The normalized spacial score (nSPS) is 10.9. The smallest absolute Gasteiger partial charge is 0.141 e. The van der Waals surface area contributed by atoms with Crippen LogP contribution in [0.1, 0.15) is 103 Å². The van der Waals surface area contributed by atoms with Gasteiger partial charge in [-0.3, -0.25) is 29.9 Å². The van der Waals surface area contributed by atoms with Crippen molar-refractivity contribution in [2.45, 2.75) is 105 Å². The van der Waals surface area contributed by atoms with Crippen molar-refractivity contribution in [3.63, 3.8) is 0 Å². The lowest BCUT2D eigenvalue weighted by Gasteiger charge is -2.03. The van der Waals surface area contributed by atoms with Gasteiger partial charge in [0, 0.05) is 142 Å². The zero-order valence-electron chi connectivity index (χ0n) is 59.7. The molecule has 8 heterocycles. The van der Waals surface area contributed by atoms with E-state index in [1.165, 1.54) is 40.2 Å². The highest BCUT2D eigenvalue weighted by Gasteiger charge is 2.14. The van der Waals surface area contributed by atoms with Gasteiger partial charge in [-0.2, -0.15) is 0 Å². The molecule has 8 aromatic heterocycles. The molecule has 23 heteroatoms. The van der Waals surface area contributed by atoms with Gasteiger partial charge in [0.05, 0.1) is 29.0 Å². The fraction of sp³-hybridized carbons (Fsp3) is 0.250. The topological polar surface area (TPSA) is 415 Å². The third kappa shape index (κ3) is 31.0. The summed E-state index contributed by atoms with van der Waals surface area (Å²) >= 11 is 0. The maximum Gasteiger partial charge on any atom is 0.141 e. The summed E-state index contributed by atoms with van der Waals surface area (Å²) in [5, 5.41) is 2.31. The summed E-state index contributed by atoms with van der Waals surface area (Å²) in [6, 6.07) is 41.2. The summed E-state index contributed by atoms with van der Waals surface area (Å²) in [4.78, 5) is 48.0. The second-order valence-corrected chi connectivity index (χ2v) is 23.0. The lowest BCUT2D eigenvalue weighted by Crippen LogP contribution is -2.04. The summed E-state index contributed by atoms with van der Waals surface area (Å²) < 4.78 is 12.8. The Hall–Kier alpha value is -10.7. The molecule has 103 heavy (non-hydrogen) atoms. The highest BCUT2D eigenvalue weighted by atomic mass is 19.1. The molecule has 0 atom stereocenters. The Morgan fingerprint density at radius 2 is 0.990 bits per heavy atom. The van der Waals surface area contributed by atoms with Gasteiger partial charge < -0.3 is 57.3 Å². The number of allylic oxidation sites excluding steroid dienone is 2. The summed E-state index contributed by atoms with van der Waals surface area (Å²) in [6.45, 7) is 13.7. The van der Waals surface area contributed by atoms with E-state index in [1.807, 2.05) is 113 Å². The number of aromatic nitrogens is 12. The molecule has 0 radical (unpaired) electrons. The molecule has 538 valence electrons. The van der Waals surface area contributed by atoms with Crippen molar-refractivity contribution < 1.29 is 4.39 Å². The van der Waals surface area contributed by atoms with Gasteiger partial charge in [0.15, 0.2) is 0 Å². The van der Waals surface area contributed by atoms with Gasteiger partial charge in [-0.25, -0.2) is 34.3 Å².